The minimum absolute atomic E-state index is 0.176. The van der Waals surface area contributed by atoms with E-state index in [9.17, 15) is 13.2 Å². The predicted molar refractivity (Wildman–Crippen MR) is 60.8 cm³/mol. The highest BCUT2D eigenvalue weighted by atomic mass is 19.4. The number of alkyl halides is 3. The Kier molecular flexibility index (Phi) is 4.13. The van der Waals surface area contributed by atoms with Crippen molar-refractivity contribution in [1.82, 2.24) is 9.80 Å². The SMILES string of the molecule is N#CC(CN1CCC(N2CCCC2)C1)C(F)(F)F. The van der Waals surface area contributed by atoms with Gasteiger partial charge in [-0.15, -0.1) is 0 Å². The van der Waals surface area contributed by atoms with E-state index in [2.05, 4.69) is 4.90 Å². The fourth-order valence-electron chi connectivity index (χ4n) is 2.86. The lowest BCUT2D eigenvalue weighted by molar-refractivity contribution is -0.162. The van der Waals surface area contributed by atoms with Crippen LogP contribution in [0.5, 0.6) is 0 Å². The standard InChI is InChI=1S/C12H18F3N3/c13-12(14,15)10(7-16)8-17-6-3-11(9-17)18-4-1-2-5-18/h10-11H,1-6,8-9H2. The molecule has 2 saturated heterocycles. The fourth-order valence-corrected chi connectivity index (χ4v) is 2.86. The minimum Gasteiger partial charge on any atom is -0.300 e. The Morgan fingerprint density at radius 1 is 1.22 bits per heavy atom. The van der Waals surface area contributed by atoms with Crippen LogP contribution in [0, 0.1) is 17.2 Å². The second-order valence-corrected chi connectivity index (χ2v) is 5.17. The van der Waals surface area contributed by atoms with Gasteiger partial charge >= 0.3 is 6.18 Å². The number of rotatable bonds is 3. The minimum atomic E-state index is -4.40. The summed E-state index contributed by atoms with van der Waals surface area (Å²) in [6.07, 6.45) is -1.09. The highest BCUT2D eigenvalue weighted by molar-refractivity contribution is 4.94. The summed E-state index contributed by atoms with van der Waals surface area (Å²) in [6.45, 7) is 3.31. The molecule has 0 bridgehead atoms. The maximum atomic E-state index is 12.5. The van der Waals surface area contributed by atoms with Gasteiger partial charge in [0, 0.05) is 19.1 Å². The number of nitrogens with zero attached hydrogens (tertiary/aromatic N) is 3. The van der Waals surface area contributed by atoms with Crippen LogP contribution >= 0.6 is 0 Å². The van der Waals surface area contributed by atoms with Crippen molar-refractivity contribution >= 4 is 0 Å². The molecule has 0 aromatic carbocycles. The molecule has 2 unspecified atom stereocenters. The van der Waals surface area contributed by atoms with Gasteiger partial charge in [-0.25, -0.2) is 0 Å². The Bertz CT molecular complexity index is 318. The second kappa shape index (κ2) is 5.45. The highest BCUT2D eigenvalue weighted by Crippen LogP contribution is 2.28. The van der Waals surface area contributed by atoms with E-state index in [0.717, 1.165) is 19.5 Å². The maximum Gasteiger partial charge on any atom is 0.405 e. The lowest BCUT2D eigenvalue weighted by Gasteiger charge is -2.25. The Balaban J connectivity index is 1.83. The molecular weight excluding hydrogens is 243 g/mol. The molecule has 0 amide bonds. The maximum absolute atomic E-state index is 12.5. The lowest BCUT2D eigenvalue weighted by Crippen LogP contribution is -2.38. The van der Waals surface area contributed by atoms with Crippen molar-refractivity contribution in [3.05, 3.63) is 0 Å². The number of hydrogen-bond donors (Lipinski definition) is 0. The summed E-state index contributed by atoms with van der Waals surface area (Å²) >= 11 is 0. The van der Waals surface area contributed by atoms with Gasteiger partial charge in [0.1, 0.15) is 0 Å². The molecule has 0 radical (unpaired) electrons. The fraction of sp³-hybridized carbons (Fsp3) is 0.917. The van der Waals surface area contributed by atoms with Crippen LogP contribution in [0.3, 0.4) is 0 Å². The number of nitriles is 1. The third-order valence-corrected chi connectivity index (χ3v) is 3.90. The van der Waals surface area contributed by atoms with Crippen molar-refractivity contribution in [1.29, 1.82) is 5.26 Å². The molecule has 18 heavy (non-hydrogen) atoms. The zero-order valence-electron chi connectivity index (χ0n) is 10.3. The summed E-state index contributed by atoms with van der Waals surface area (Å²) in [5, 5.41) is 8.59. The first-order valence-corrected chi connectivity index (χ1v) is 6.43. The van der Waals surface area contributed by atoms with Crippen LogP contribution in [0.25, 0.3) is 0 Å². The third-order valence-electron chi connectivity index (χ3n) is 3.90. The molecule has 0 aliphatic carbocycles. The molecular formula is C12H18F3N3. The van der Waals surface area contributed by atoms with E-state index in [1.165, 1.54) is 18.9 Å². The average Bonchev–Trinajstić information content (AvgIpc) is 2.94. The third kappa shape index (κ3) is 3.15. The van der Waals surface area contributed by atoms with Crippen LogP contribution < -0.4 is 0 Å². The predicted octanol–water partition coefficient (Wildman–Crippen LogP) is 1.86. The molecule has 2 aliphatic rings. The molecule has 2 atom stereocenters. The van der Waals surface area contributed by atoms with E-state index in [1.54, 1.807) is 4.90 Å². The Morgan fingerprint density at radius 3 is 2.44 bits per heavy atom. The lowest BCUT2D eigenvalue weighted by atomic mass is 10.1. The van der Waals surface area contributed by atoms with Crippen LogP contribution in [-0.2, 0) is 0 Å². The van der Waals surface area contributed by atoms with E-state index in [1.807, 2.05) is 0 Å². The summed E-state index contributed by atoms with van der Waals surface area (Å²) in [6, 6.07) is 1.76. The van der Waals surface area contributed by atoms with Gasteiger partial charge in [-0.1, -0.05) is 0 Å². The molecule has 0 saturated carbocycles. The molecule has 0 spiro atoms. The van der Waals surface area contributed by atoms with Gasteiger partial charge in [0.2, 0.25) is 0 Å². The average molecular weight is 261 g/mol. The zero-order valence-corrected chi connectivity index (χ0v) is 10.3. The first kappa shape index (κ1) is 13.6. The van der Waals surface area contributed by atoms with E-state index < -0.39 is 12.1 Å². The normalized spacial score (nSPS) is 28.4. The summed E-state index contributed by atoms with van der Waals surface area (Å²) in [5.74, 6) is -1.85. The molecule has 2 heterocycles. The second-order valence-electron chi connectivity index (χ2n) is 5.17. The van der Waals surface area contributed by atoms with Gasteiger partial charge in [-0.3, -0.25) is 4.90 Å². The first-order chi connectivity index (χ1) is 8.50. The van der Waals surface area contributed by atoms with Crippen LogP contribution in [0.2, 0.25) is 0 Å². The van der Waals surface area contributed by atoms with Gasteiger partial charge in [-0.05, 0) is 38.9 Å². The van der Waals surface area contributed by atoms with Crippen LogP contribution in [0.4, 0.5) is 13.2 Å². The van der Waals surface area contributed by atoms with Gasteiger partial charge in [0.05, 0.1) is 6.07 Å². The van der Waals surface area contributed by atoms with Crippen molar-refractivity contribution in [2.75, 3.05) is 32.7 Å². The topological polar surface area (TPSA) is 30.3 Å². The monoisotopic (exact) mass is 261 g/mol. The number of hydrogen-bond acceptors (Lipinski definition) is 3. The molecule has 0 aromatic heterocycles. The van der Waals surface area contributed by atoms with Crippen molar-refractivity contribution in [2.45, 2.75) is 31.5 Å². The molecule has 6 heteroatoms. The highest BCUT2D eigenvalue weighted by Gasteiger charge is 2.42. The quantitative estimate of drug-likeness (QED) is 0.777. The van der Waals surface area contributed by atoms with Gasteiger partial charge in [0.25, 0.3) is 0 Å². The van der Waals surface area contributed by atoms with Crippen LogP contribution in [-0.4, -0.2) is 54.7 Å². The molecule has 2 aliphatic heterocycles. The Morgan fingerprint density at radius 2 is 1.89 bits per heavy atom. The van der Waals surface area contributed by atoms with Crippen LogP contribution in [0.15, 0.2) is 0 Å². The summed E-state index contributed by atoms with van der Waals surface area (Å²) in [7, 11) is 0. The Hall–Kier alpha value is -0.800. The van der Waals surface area contributed by atoms with Crippen molar-refractivity contribution in [3.63, 3.8) is 0 Å². The van der Waals surface area contributed by atoms with Crippen LogP contribution in [0.1, 0.15) is 19.3 Å². The van der Waals surface area contributed by atoms with Crippen molar-refractivity contribution in [2.24, 2.45) is 5.92 Å². The van der Waals surface area contributed by atoms with E-state index in [0.29, 0.717) is 19.1 Å². The van der Waals surface area contributed by atoms with E-state index >= 15 is 0 Å². The molecule has 0 aromatic rings. The van der Waals surface area contributed by atoms with E-state index in [4.69, 9.17) is 5.26 Å². The number of likely N-dealkylation sites (tertiary alicyclic amines) is 2. The van der Waals surface area contributed by atoms with Crippen molar-refractivity contribution in [3.8, 4) is 6.07 Å². The largest absolute Gasteiger partial charge is 0.405 e. The van der Waals surface area contributed by atoms with Gasteiger partial charge < -0.3 is 4.90 Å². The summed E-state index contributed by atoms with van der Waals surface area (Å²) in [5.41, 5.74) is 0. The number of halogens is 3. The van der Waals surface area contributed by atoms with Gasteiger partial charge in [0.15, 0.2) is 5.92 Å². The molecule has 0 N–H and O–H groups in total. The molecule has 102 valence electrons. The zero-order chi connectivity index (χ0) is 13.2. The smallest absolute Gasteiger partial charge is 0.300 e. The summed E-state index contributed by atoms with van der Waals surface area (Å²) < 4.78 is 37.5. The Labute approximate surface area is 105 Å². The molecule has 2 fully saturated rings. The molecule has 2 rings (SSSR count). The first-order valence-electron chi connectivity index (χ1n) is 6.43. The van der Waals surface area contributed by atoms with E-state index in [-0.39, 0.29) is 6.54 Å². The summed E-state index contributed by atoms with van der Waals surface area (Å²) in [4.78, 5) is 4.15. The van der Waals surface area contributed by atoms with Gasteiger partial charge in [-0.2, -0.15) is 18.4 Å². The van der Waals surface area contributed by atoms with Crippen molar-refractivity contribution < 1.29 is 13.2 Å². The molecule has 3 nitrogen and oxygen atoms in total.